The molecule has 36 heteroatoms. The number of pyridine rings is 8. The number of aryl methyl sites for hydroxylation is 4. The highest BCUT2D eigenvalue weighted by Gasteiger charge is 2.32. The molecule has 27 rings (SSSR count). The van der Waals surface area contributed by atoms with Gasteiger partial charge in [-0.15, -0.1) is 45.3 Å². The van der Waals surface area contributed by atoms with Crippen molar-refractivity contribution in [2.75, 3.05) is 21.3 Å². The largest absolute Gasteiger partial charge is 0.335 e. The number of amides is 4. The highest BCUT2D eigenvalue weighted by molar-refractivity contribution is 7.16. The van der Waals surface area contributed by atoms with Crippen molar-refractivity contribution in [3.05, 3.63) is 264 Å². The zero-order chi connectivity index (χ0) is 100. The topological polar surface area (TPSA) is 449 Å². The van der Waals surface area contributed by atoms with Crippen LogP contribution in [0.5, 0.6) is 0 Å². The molecule has 4 amide bonds. The molecule has 0 bridgehead atoms. The van der Waals surface area contributed by atoms with Gasteiger partial charge in [0.2, 0.25) is 23.6 Å². The number of aromatic amines is 8. The van der Waals surface area contributed by atoms with Gasteiger partial charge in [0.05, 0.1) is 116 Å². The summed E-state index contributed by atoms with van der Waals surface area (Å²) in [5, 5.41) is 46.6. The van der Waals surface area contributed by atoms with E-state index in [4.69, 9.17) is 19.9 Å². The summed E-state index contributed by atoms with van der Waals surface area (Å²) >= 11 is 6.91. The van der Waals surface area contributed by atoms with Crippen LogP contribution in [0.25, 0.3) is 220 Å². The van der Waals surface area contributed by atoms with E-state index < -0.39 is 0 Å². The van der Waals surface area contributed by atoms with Gasteiger partial charge in [-0.25, -0.2) is 19.9 Å². The van der Waals surface area contributed by atoms with Crippen LogP contribution in [0.4, 0.5) is 22.7 Å². The molecule has 0 saturated heterocycles. The van der Waals surface area contributed by atoms with Gasteiger partial charge in [-0.3, -0.25) is 79.4 Å². The van der Waals surface area contributed by atoms with Crippen LogP contribution >= 0.6 is 45.3 Å². The standard InChI is InChI=1S/C29H25N7OS.C28H23N7OS.C28H25N7OS.C27H21N7OS/c1-16-6-9-25(38-16)22-14-31-15-24-26(22)34-28(33-24)27-21-11-18(7-8-23(21)35-36-27)19-10-20(13-30-12-19)32-29(37)17-4-2-3-5-17;1-15-5-8-24(37-15)21-13-30-14-23-25(21)33-27(32-23)26-20-10-17(6-7-22(20)34-35-26)18-9-19(12-29-11-18)31-28(36)16-3-2-4-16;1-3-4-5-25(36)31-19-10-18(12-29-13-19)17-7-8-22-20(11-17)27(35-34-22)28-32-23-15-30-14-21(26(23)33-28)24-9-6-16(2)37-24;1-14-2-7-23(36-14)20-12-29-13-22-24(20)32-26(31-22)25-19-9-16(5-6-21(19)33-34-25)17-8-18(11-28-10-17)30-27(35)15-3-4-15/h6-15,17H,2-5H2,1H3,(H,32,37)(H,33,34)(H,35,36);5-14,16H,2-4H2,1H3,(H,31,36)(H,32,33)(H,34,35);6-15H,3-5H2,1-2H3,(H,31,36)(H,32,33)(H,34,35);2,5-13,15H,3-4H2,1H3,(H,30,35)(H,31,32)(H,33,34). The van der Waals surface area contributed by atoms with E-state index in [0.29, 0.717) is 52.5 Å². The number of carbonyl (C=O) groups excluding carboxylic acids is 4. The molecule has 730 valence electrons. The fourth-order valence-corrected chi connectivity index (χ4v) is 22.4. The fraction of sp³-hybridized carbons (Fsp3) is 0.179. The second-order valence-corrected chi connectivity index (χ2v) is 42.6. The average molecular weight is 2020 g/mol. The van der Waals surface area contributed by atoms with E-state index in [9.17, 15) is 19.2 Å². The number of nitrogens with zero attached hydrogens (tertiary/aromatic N) is 16. The lowest BCUT2D eigenvalue weighted by atomic mass is 9.85. The number of rotatable bonds is 22. The van der Waals surface area contributed by atoms with Crippen molar-refractivity contribution in [3.8, 4) is 132 Å². The van der Waals surface area contributed by atoms with Gasteiger partial charge in [0, 0.05) is 179 Å². The molecule has 0 aliphatic heterocycles. The normalized spacial score (nSPS) is 13.2. The lowest BCUT2D eigenvalue weighted by molar-refractivity contribution is -0.122. The van der Waals surface area contributed by atoms with Gasteiger partial charge in [0.15, 0.2) is 23.3 Å². The van der Waals surface area contributed by atoms with Crippen molar-refractivity contribution in [2.45, 2.75) is 112 Å². The Morgan fingerprint density at radius 2 is 0.561 bits per heavy atom. The second-order valence-electron chi connectivity index (χ2n) is 37.5. The van der Waals surface area contributed by atoms with Crippen LogP contribution in [-0.2, 0) is 19.2 Å². The molecule has 3 saturated carbocycles. The molecule has 3 aliphatic carbocycles. The number of anilines is 4. The summed E-state index contributed by atoms with van der Waals surface area (Å²) in [6.07, 6.45) is 40.1. The molecule has 148 heavy (non-hydrogen) atoms. The van der Waals surface area contributed by atoms with Crippen molar-refractivity contribution in [3.63, 3.8) is 0 Å². The highest BCUT2D eigenvalue weighted by Crippen LogP contribution is 2.44. The number of unbranched alkanes of at least 4 members (excludes halogenated alkanes) is 1. The van der Waals surface area contributed by atoms with Crippen LogP contribution in [-0.4, -0.2) is 144 Å². The number of fused-ring (bicyclic) bond motifs is 8. The molecule has 3 fully saturated rings. The van der Waals surface area contributed by atoms with Gasteiger partial charge in [-0.1, -0.05) is 56.9 Å². The van der Waals surface area contributed by atoms with Gasteiger partial charge in [-0.05, 0) is 216 Å². The number of carbonyl (C=O) groups is 4. The minimum Gasteiger partial charge on any atom is -0.335 e. The predicted octanol–water partition coefficient (Wildman–Crippen LogP) is 25.7. The van der Waals surface area contributed by atoms with Gasteiger partial charge in [0.25, 0.3) is 0 Å². The first kappa shape index (κ1) is 92.9. The molecule has 12 N–H and O–H groups in total. The van der Waals surface area contributed by atoms with E-state index in [-0.39, 0.29) is 41.4 Å². The zero-order valence-electron chi connectivity index (χ0n) is 80.7. The van der Waals surface area contributed by atoms with Crippen molar-refractivity contribution >= 4 is 179 Å². The van der Waals surface area contributed by atoms with Crippen LogP contribution in [0.3, 0.4) is 0 Å². The summed E-state index contributed by atoms with van der Waals surface area (Å²) in [7, 11) is 0. The monoisotopic (exact) mass is 2020 g/mol. The minimum absolute atomic E-state index is 0.00447. The van der Waals surface area contributed by atoms with Crippen molar-refractivity contribution in [2.24, 2.45) is 17.8 Å². The number of hydrogen-bond donors (Lipinski definition) is 12. The Morgan fingerprint density at radius 3 is 0.818 bits per heavy atom. The quantitative estimate of drug-likeness (QED) is 0.0300. The maximum Gasteiger partial charge on any atom is 0.227 e. The third-order valence-electron chi connectivity index (χ3n) is 27.0. The smallest absolute Gasteiger partial charge is 0.227 e. The molecule has 0 atom stereocenters. The Bertz CT molecular complexity index is 9220. The van der Waals surface area contributed by atoms with Gasteiger partial charge in [-0.2, -0.15) is 20.4 Å². The Kier molecular flexibility index (Phi) is 25.1. The molecule has 4 aromatic carbocycles. The van der Waals surface area contributed by atoms with E-state index in [2.05, 4.69) is 229 Å². The van der Waals surface area contributed by atoms with E-state index in [1.807, 2.05) is 110 Å². The number of H-pyrrole nitrogens is 8. The van der Waals surface area contributed by atoms with Gasteiger partial charge in [0.1, 0.15) is 44.8 Å². The number of nitrogens with one attached hydrogen (secondary N) is 12. The molecule has 3 aliphatic rings. The minimum atomic E-state index is 0.00447. The van der Waals surface area contributed by atoms with Crippen LogP contribution in [0.1, 0.15) is 103 Å². The maximum absolute atomic E-state index is 12.6. The molecule has 0 spiro atoms. The Labute approximate surface area is 860 Å². The average Bonchev–Trinajstić information content (AvgIpc) is 1.62. The first-order valence-electron chi connectivity index (χ1n) is 49.1. The molecular formula is C112H94N28O4S4. The number of benzene rings is 4. The third kappa shape index (κ3) is 19.1. The first-order chi connectivity index (χ1) is 72.4. The van der Waals surface area contributed by atoms with Crippen molar-refractivity contribution < 1.29 is 19.2 Å². The Morgan fingerprint density at radius 1 is 0.291 bits per heavy atom. The number of aromatic nitrogens is 24. The molecule has 24 aromatic rings. The van der Waals surface area contributed by atoms with Crippen molar-refractivity contribution in [1.29, 1.82) is 0 Å². The van der Waals surface area contributed by atoms with Gasteiger partial charge < -0.3 is 41.2 Å². The van der Waals surface area contributed by atoms with E-state index in [0.717, 1.165) is 267 Å². The SMILES string of the molecule is CCCCC(=O)Nc1cncc(-c2ccc3[nH]nc(-c4nc5c(-c6ccc(C)s6)cncc5[nH]4)c3c2)c1.Cc1ccc(-c2cncc3[nH]c(-c4n[nH]c5ccc(-c6cncc(NC(=O)C7CC7)c6)cc45)nc23)s1.Cc1ccc(-c2cncc3[nH]c(-c4n[nH]c5ccc(-c6cncc(NC(=O)C7CCC7)c6)cc45)nc23)s1.Cc1ccc(-c2cncc3[nH]c(-c4n[nH]c5ccc(-c6cncc(NC(=O)C7CCCC7)c6)cc45)nc23)s1. The second kappa shape index (κ2) is 39.9. The van der Waals surface area contributed by atoms with E-state index >= 15 is 0 Å². The lowest BCUT2D eigenvalue weighted by Gasteiger charge is -2.24. The molecule has 20 aromatic heterocycles. The summed E-state index contributed by atoms with van der Waals surface area (Å²) in [5.74, 6) is 3.32. The number of hydrogen-bond acceptors (Lipinski definition) is 24. The predicted molar refractivity (Wildman–Crippen MR) is 587 cm³/mol. The first-order valence-corrected chi connectivity index (χ1v) is 52.3. The third-order valence-corrected chi connectivity index (χ3v) is 31.2. The van der Waals surface area contributed by atoms with Crippen LogP contribution in [0, 0.1) is 45.4 Å². The summed E-state index contributed by atoms with van der Waals surface area (Å²) in [6.45, 7) is 10.5. The van der Waals surface area contributed by atoms with Crippen LogP contribution in [0.15, 0.2) is 245 Å². The molecule has 0 unspecified atom stereocenters. The van der Waals surface area contributed by atoms with E-state index in [1.54, 1.807) is 107 Å². The maximum atomic E-state index is 12.6. The Hall–Kier alpha value is -17.5. The summed E-state index contributed by atoms with van der Waals surface area (Å²) in [5.41, 5.74) is 28.0. The molecule has 0 radical (unpaired) electrons. The van der Waals surface area contributed by atoms with Gasteiger partial charge >= 0.3 is 0 Å². The highest BCUT2D eigenvalue weighted by atomic mass is 32.1. The fourth-order valence-electron chi connectivity index (χ4n) is 18.9. The molecule has 20 heterocycles. The van der Waals surface area contributed by atoms with E-state index in [1.165, 1.54) is 19.5 Å². The van der Waals surface area contributed by atoms with Crippen LogP contribution < -0.4 is 21.3 Å². The Balaban J connectivity index is 0.000000105. The summed E-state index contributed by atoms with van der Waals surface area (Å²) in [6, 6.07) is 49.1. The lowest BCUT2D eigenvalue weighted by Crippen LogP contribution is -2.28. The number of imidazole rings is 4. The summed E-state index contributed by atoms with van der Waals surface area (Å²) < 4.78 is 0. The molecule has 32 nitrogen and oxygen atoms in total. The van der Waals surface area contributed by atoms with Crippen LogP contribution in [0.2, 0.25) is 0 Å². The number of thiophene rings is 4. The summed E-state index contributed by atoms with van der Waals surface area (Å²) in [4.78, 5) is 127. The zero-order valence-corrected chi connectivity index (χ0v) is 84.0. The van der Waals surface area contributed by atoms with Crippen molar-refractivity contribution in [1.82, 2.24) is 121 Å². The molecular weight excluding hydrogens is 1930 g/mol.